The molecule has 10 heteroatoms. The van der Waals surface area contributed by atoms with Crippen LogP contribution in [0.3, 0.4) is 0 Å². The number of likely N-dealkylation sites (tertiary alicyclic amines) is 1. The molecule has 2 fully saturated rings. The van der Waals surface area contributed by atoms with Crippen molar-refractivity contribution in [3.63, 3.8) is 0 Å². The second-order valence-electron chi connectivity index (χ2n) is 7.73. The summed E-state index contributed by atoms with van der Waals surface area (Å²) in [6.07, 6.45) is 7.98. The summed E-state index contributed by atoms with van der Waals surface area (Å²) in [5.41, 5.74) is 1.39. The van der Waals surface area contributed by atoms with Gasteiger partial charge in [0.15, 0.2) is 5.69 Å². The lowest BCUT2D eigenvalue weighted by atomic mass is 10.0. The van der Waals surface area contributed by atoms with Gasteiger partial charge >= 0.3 is 5.97 Å². The quantitative estimate of drug-likeness (QED) is 0.620. The summed E-state index contributed by atoms with van der Waals surface area (Å²) in [6, 6.07) is 7.49. The summed E-state index contributed by atoms with van der Waals surface area (Å²) in [5, 5.41) is 11.7. The third kappa shape index (κ3) is 3.49. The molecular weight excluding hydrogens is 398 g/mol. The van der Waals surface area contributed by atoms with Crippen LogP contribution >= 0.6 is 0 Å². The second kappa shape index (κ2) is 7.78. The van der Waals surface area contributed by atoms with E-state index in [-0.39, 0.29) is 23.7 Å². The number of piperidine rings is 1. The predicted molar refractivity (Wildman–Crippen MR) is 110 cm³/mol. The fraction of sp³-hybridized carbons (Fsp3) is 0.333. The molecule has 3 aromatic rings. The number of carbonyl (C=O) groups is 2. The highest BCUT2D eigenvalue weighted by atomic mass is 16.5. The lowest BCUT2D eigenvalue weighted by Crippen LogP contribution is -2.48. The summed E-state index contributed by atoms with van der Waals surface area (Å²) >= 11 is 0. The average molecular weight is 419 g/mol. The van der Waals surface area contributed by atoms with Gasteiger partial charge in [0, 0.05) is 12.6 Å². The van der Waals surface area contributed by atoms with Crippen LogP contribution in [0.2, 0.25) is 0 Å². The molecule has 31 heavy (non-hydrogen) atoms. The Morgan fingerprint density at radius 2 is 1.90 bits per heavy atom. The van der Waals surface area contributed by atoms with Gasteiger partial charge in [-0.2, -0.15) is 15.0 Å². The van der Waals surface area contributed by atoms with Gasteiger partial charge in [-0.25, -0.2) is 14.8 Å². The van der Waals surface area contributed by atoms with Crippen LogP contribution in [0.4, 0.5) is 5.82 Å². The van der Waals surface area contributed by atoms with Gasteiger partial charge in [0.1, 0.15) is 5.82 Å². The van der Waals surface area contributed by atoms with Gasteiger partial charge in [-0.3, -0.25) is 4.79 Å². The number of para-hydroxylation sites is 1. The first-order valence-electron chi connectivity index (χ1n) is 10.1. The molecule has 1 N–H and O–H groups in total. The van der Waals surface area contributed by atoms with Crippen molar-refractivity contribution in [3.8, 4) is 5.69 Å². The van der Waals surface area contributed by atoms with E-state index in [9.17, 15) is 9.59 Å². The fourth-order valence-electron chi connectivity index (χ4n) is 4.54. The topological polar surface area (TPSA) is 115 Å². The predicted octanol–water partition coefficient (Wildman–Crippen LogP) is 1.56. The maximum Gasteiger partial charge on any atom is 0.358 e. The van der Waals surface area contributed by atoms with Crippen molar-refractivity contribution in [2.75, 3.05) is 19.0 Å². The van der Waals surface area contributed by atoms with Crippen molar-refractivity contribution in [3.05, 3.63) is 60.3 Å². The first kappa shape index (κ1) is 19.2. The smallest absolute Gasteiger partial charge is 0.358 e. The minimum Gasteiger partial charge on any atom is -0.464 e. The minimum absolute atomic E-state index is 0.0287. The molecule has 2 aromatic heterocycles. The number of nitrogens with one attached hydrogen (secondary N) is 1. The Kier molecular flexibility index (Phi) is 4.81. The highest BCUT2D eigenvalue weighted by Gasteiger charge is 2.47. The monoisotopic (exact) mass is 419 g/mol. The maximum absolute atomic E-state index is 13.5. The molecule has 3 atom stereocenters. The van der Waals surface area contributed by atoms with Gasteiger partial charge in [0.2, 0.25) is 0 Å². The molecule has 0 spiro atoms. The Labute approximate surface area is 178 Å². The van der Waals surface area contributed by atoms with E-state index in [1.807, 2.05) is 29.2 Å². The van der Waals surface area contributed by atoms with Crippen molar-refractivity contribution in [1.82, 2.24) is 29.9 Å². The van der Waals surface area contributed by atoms with Crippen molar-refractivity contribution in [2.24, 2.45) is 5.92 Å². The first-order valence-corrected chi connectivity index (χ1v) is 10.1. The summed E-state index contributed by atoms with van der Waals surface area (Å²) in [6.45, 7) is 0.732. The van der Waals surface area contributed by atoms with Gasteiger partial charge in [0.05, 0.1) is 49.2 Å². The Morgan fingerprint density at radius 3 is 2.61 bits per heavy atom. The minimum atomic E-state index is -0.527. The van der Waals surface area contributed by atoms with Gasteiger partial charge in [-0.05, 0) is 30.9 Å². The SMILES string of the molecule is COC(=O)c1cnc(NC2CC3CC2N(C(=O)c2ccccc2-n2nccn2)C3)cn1. The Hall–Kier alpha value is -3.82. The van der Waals surface area contributed by atoms with Crippen LogP contribution in [-0.2, 0) is 4.74 Å². The molecule has 3 heterocycles. The van der Waals surface area contributed by atoms with Gasteiger partial charge in [0.25, 0.3) is 5.91 Å². The molecule has 1 aromatic carbocycles. The maximum atomic E-state index is 13.5. The van der Waals surface area contributed by atoms with Crippen LogP contribution in [0.15, 0.2) is 49.1 Å². The van der Waals surface area contributed by atoms with Crippen LogP contribution in [0.5, 0.6) is 0 Å². The van der Waals surface area contributed by atoms with E-state index < -0.39 is 5.97 Å². The highest BCUT2D eigenvalue weighted by Crippen LogP contribution is 2.40. The third-order valence-corrected chi connectivity index (χ3v) is 5.89. The van der Waals surface area contributed by atoms with E-state index in [0.717, 1.165) is 19.4 Å². The van der Waals surface area contributed by atoms with Crippen molar-refractivity contribution < 1.29 is 14.3 Å². The number of hydrogen-bond acceptors (Lipinski definition) is 8. The molecule has 158 valence electrons. The Balaban J connectivity index is 1.34. The second-order valence-corrected chi connectivity index (χ2v) is 7.73. The number of hydrogen-bond donors (Lipinski definition) is 1. The normalized spacial score (nSPS) is 21.8. The zero-order valence-electron chi connectivity index (χ0n) is 16.9. The first-order chi connectivity index (χ1) is 15.1. The number of amides is 1. The standard InChI is InChI=1S/C21H21N7O3/c1-31-21(30)16-10-23-19(11-22-16)26-15-8-13-9-18(15)27(12-13)20(29)14-4-2-3-5-17(14)28-24-6-7-25-28/h2-7,10-11,13,15,18H,8-9,12H2,1H3,(H,23,26). The van der Waals surface area contributed by atoms with Crippen molar-refractivity contribution >= 4 is 17.7 Å². The number of nitrogens with zero attached hydrogens (tertiary/aromatic N) is 6. The molecule has 1 amide bonds. The van der Waals surface area contributed by atoms with E-state index >= 15 is 0 Å². The molecule has 5 rings (SSSR count). The van der Waals surface area contributed by atoms with Crippen LogP contribution < -0.4 is 5.32 Å². The van der Waals surface area contributed by atoms with Crippen LogP contribution in [0.1, 0.15) is 33.7 Å². The fourth-order valence-corrected chi connectivity index (χ4v) is 4.54. The molecule has 2 aliphatic rings. The van der Waals surface area contributed by atoms with E-state index in [2.05, 4.69) is 30.2 Å². The summed E-state index contributed by atoms with van der Waals surface area (Å²) in [4.78, 5) is 36.8. The van der Waals surface area contributed by atoms with Crippen LogP contribution in [0.25, 0.3) is 5.69 Å². The molecule has 10 nitrogen and oxygen atoms in total. The molecular formula is C21H21N7O3. The van der Waals surface area contributed by atoms with E-state index in [1.54, 1.807) is 12.4 Å². The Bertz CT molecular complexity index is 1100. The van der Waals surface area contributed by atoms with Crippen LogP contribution in [-0.4, -0.2) is 67.5 Å². The largest absolute Gasteiger partial charge is 0.464 e. The number of benzene rings is 1. The zero-order valence-corrected chi connectivity index (χ0v) is 16.9. The third-order valence-electron chi connectivity index (χ3n) is 5.89. The lowest BCUT2D eigenvalue weighted by Gasteiger charge is -2.34. The number of methoxy groups -OCH3 is 1. The number of fused-ring (bicyclic) bond motifs is 2. The number of aromatic nitrogens is 5. The summed E-state index contributed by atoms with van der Waals surface area (Å²) in [5.74, 6) is 0.447. The lowest BCUT2D eigenvalue weighted by molar-refractivity contribution is 0.0592. The number of rotatable bonds is 5. The molecule has 1 saturated heterocycles. The molecule has 1 aliphatic heterocycles. The summed E-state index contributed by atoms with van der Waals surface area (Å²) in [7, 11) is 1.30. The van der Waals surface area contributed by atoms with E-state index in [4.69, 9.17) is 0 Å². The average Bonchev–Trinajstić information content (AvgIpc) is 3.56. The molecule has 3 unspecified atom stereocenters. The zero-order chi connectivity index (χ0) is 21.4. The summed E-state index contributed by atoms with van der Waals surface area (Å²) < 4.78 is 4.65. The molecule has 1 saturated carbocycles. The molecule has 0 radical (unpaired) electrons. The van der Waals surface area contributed by atoms with E-state index in [0.29, 0.717) is 23.0 Å². The van der Waals surface area contributed by atoms with Gasteiger partial charge in [-0.1, -0.05) is 12.1 Å². The van der Waals surface area contributed by atoms with Crippen molar-refractivity contribution in [1.29, 1.82) is 0 Å². The number of anilines is 1. The molecule has 2 bridgehead atoms. The van der Waals surface area contributed by atoms with Gasteiger partial charge in [-0.15, -0.1) is 0 Å². The number of ether oxygens (including phenoxy) is 1. The number of esters is 1. The Morgan fingerprint density at radius 1 is 1.10 bits per heavy atom. The van der Waals surface area contributed by atoms with E-state index in [1.165, 1.54) is 24.3 Å². The van der Waals surface area contributed by atoms with Gasteiger partial charge < -0.3 is 15.0 Å². The molecule has 1 aliphatic carbocycles. The van der Waals surface area contributed by atoms with Crippen LogP contribution in [0, 0.1) is 5.92 Å². The van der Waals surface area contributed by atoms with Crippen molar-refractivity contribution in [2.45, 2.75) is 24.9 Å². The number of carbonyl (C=O) groups excluding carboxylic acids is 2. The highest BCUT2D eigenvalue weighted by molar-refractivity contribution is 5.98.